The van der Waals surface area contributed by atoms with E-state index in [0.29, 0.717) is 0 Å². The van der Waals surface area contributed by atoms with Crippen LogP contribution in [0.3, 0.4) is 0 Å². The van der Waals surface area contributed by atoms with Crippen LogP contribution in [0.5, 0.6) is 0 Å². The van der Waals surface area contributed by atoms with E-state index < -0.39 is 7.26 Å². The highest BCUT2D eigenvalue weighted by Gasteiger charge is 2.44. The molecule has 4 heteroatoms. The van der Waals surface area contributed by atoms with Crippen LogP contribution in [-0.2, 0) is 0 Å². The first-order valence-electron chi connectivity index (χ1n) is 10.9. The quantitative estimate of drug-likeness (QED) is 0.375. The minimum absolute atomic E-state index is 0. The molecule has 0 saturated carbocycles. The molecule has 1 heterocycles. The standard InChI is InChI=1S/C26H32N2P.BrH/c1-4-12-24(13-5-1)29(25-14-6-2-7-15-25,26-16-8-3-9-17-26)23-11-10-20-28-21-18-27-19-22-28;/h1-9,12-17,27H,10-11,18-23H2;1H/q+1;/p-1. The third-order valence-electron chi connectivity index (χ3n) is 6.02. The molecule has 0 bridgehead atoms. The van der Waals surface area contributed by atoms with Crippen LogP contribution in [0, 0.1) is 0 Å². The molecule has 0 radical (unpaired) electrons. The summed E-state index contributed by atoms with van der Waals surface area (Å²) in [6.45, 7) is 5.87. The molecule has 1 N–H and O–H groups in total. The number of piperazine rings is 1. The molecule has 158 valence electrons. The Morgan fingerprint density at radius 3 is 1.50 bits per heavy atom. The van der Waals surface area contributed by atoms with Gasteiger partial charge in [0, 0.05) is 26.2 Å². The highest BCUT2D eigenvalue weighted by atomic mass is 79.9. The van der Waals surface area contributed by atoms with Crippen molar-refractivity contribution in [2.45, 2.75) is 12.8 Å². The predicted molar refractivity (Wildman–Crippen MR) is 129 cm³/mol. The maximum atomic E-state index is 3.46. The fourth-order valence-corrected chi connectivity index (χ4v) is 8.91. The smallest absolute Gasteiger partial charge is 0.112 e. The average molecular weight is 483 g/mol. The van der Waals surface area contributed by atoms with Crippen LogP contribution in [0.4, 0.5) is 0 Å². The molecule has 0 atom stereocenters. The van der Waals surface area contributed by atoms with E-state index in [0.717, 1.165) is 13.1 Å². The second-order valence-corrected chi connectivity index (χ2v) is 11.5. The summed E-state index contributed by atoms with van der Waals surface area (Å²) >= 11 is 0. The van der Waals surface area contributed by atoms with Gasteiger partial charge in [0.05, 0.1) is 6.16 Å². The summed E-state index contributed by atoms with van der Waals surface area (Å²) in [7, 11) is -1.65. The van der Waals surface area contributed by atoms with E-state index in [1.165, 1.54) is 54.6 Å². The fourth-order valence-electron chi connectivity index (χ4n) is 4.50. The minimum atomic E-state index is -1.65. The van der Waals surface area contributed by atoms with Crippen LogP contribution in [0.15, 0.2) is 91.0 Å². The Balaban J connectivity index is 0.00000256. The lowest BCUT2D eigenvalue weighted by Crippen LogP contribution is -3.00. The van der Waals surface area contributed by atoms with E-state index in [9.17, 15) is 0 Å². The second kappa shape index (κ2) is 11.8. The molecule has 3 aromatic rings. The average Bonchev–Trinajstić information content (AvgIpc) is 2.82. The van der Waals surface area contributed by atoms with Gasteiger partial charge in [0.15, 0.2) is 0 Å². The highest BCUT2D eigenvalue weighted by Crippen LogP contribution is 2.55. The molecular weight excluding hydrogens is 451 g/mol. The van der Waals surface area contributed by atoms with Gasteiger partial charge in [-0.2, -0.15) is 0 Å². The molecule has 3 aromatic carbocycles. The zero-order chi connectivity index (χ0) is 19.8. The van der Waals surface area contributed by atoms with Crippen molar-refractivity contribution in [3.63, 3.8) is 0 Å². The zero-order valence-corrected chi connectivity index (χ0v) is 20.1. The summed E-state index contributed by atoms with van der Waals surface area (Å²) in [6.07, 6.45) is 3.77. The van der Waals surface area contributed by atoms with Crippen molar-refractivity contribution >= 4 is 23.2 Å². The molecule has 1 saturated heterocycles. The van der Waals surface area contributed by atoms with E-state index in [4.69, 9.17) is 0 Å². The number of hydrogen-bond donors (Lipinski definition) is 1. The lowest BCUT2D eigenvalue weighted by atomic mass is 10.3. The van der Waals surface area contributed by atoms with Gasteiger partial charge < -0.3 is 27.2 Å². The second-order valence-electron chi connectivity index (χ2n) is 7.84. The monoisotopic (exact) mass is 482 g/mol. The number of halogens is 1. The predicted octanol–water partition coefficient (Wildman–Crippen LogP) is 0.670. The number of unbranched alkanes of at least 4 members (excludes halogenated alkanes) is 1. The van der Waals surface area contributed by atoms with Gasteiger partial charge in [-0.3, -0.25) is 0 Å². The van der Waals surface area contributed by atoms with Crippen molar-refractivity contribution in [1.82, 2.24) is 10.2 Å². The Bertz CT molecular complexity index is 755. The van der Waals surface area contributed by atoms with E-state index in [-0.39, 0.29) is 17.0 Å². The van der Waals surface area contributed by atoms with Gasteiger partial charge >= 0.3 is 0 Å². The fraction of sp³-hybridized carbons (Fsp3) is 0.308. The number of nitrogens with one attached hydrogen (secondary N) is 1. The molecule has 1 aliphatic heterocycles. The summed E-state index contributed by atoms with van der Waals surface area (Å²) in [6, 6.07) is 33.8. The van der Waals surface area contributed by atoms with Crippen LogP contribution < -0.4 is 38.2 Å². The van der Waals surface area contributed by atoms with Crippen molar-refractivity contribution < 1.29 is 17.0 Å². The van der Waals surface area contributed by atoms with E-state index >= 15 is 0 Å². The van der Waals surface area contributed by atoms with Gasteiger partial charge in [-0.05, 0) is 55.8 Å². The van der Waals surface area contributed by atoms with Crippen molar-refractivity contribution in [3.05, 3.63) is 91.0 Å². The summed E-state index contributed by atoms with van der Waals surface area (Å²) in [5.74, 6) is 0. The van der Waals surface area contributed by atoms with Crippen LogP contribution >= 0.6 is 7.26 Å². The summed E-state index contributed by atoms with van der Waals surface area (Å²) in [5, 5.41) is 7.96. The molecular formula is C26H32BrN2P. The maximum absolute atomic E-state index is 3.46. The van der Waals surface area contributed by atoms with Gasteiger partial charge in [-0.1, -0.05) is 54.6 Å². The van der Waals surface area contributed by atoms with E-state index in [2.05, 4.69) is 101 Å². The minimum Gasteiger partial charge on any atom is -1.00 e. The molecule has 0 aromatic heterocycles. The number of hydrogen-bond acceptors (Lipinski definition) is 2. The first-order valence-corrected chi connectivity index (χ1v) is 12.8. The Labute approximate surface area is 192 Å². The third-order valence-corrected chi connectivity index (χ3v) is 10.5. The largest absolute Gasteiger partial charge is 1.00 e. The summed E-state index contributed by atoms with van der Waals surface area (Å²) < 4.78 is 0. The van der Waals surface area contributed by atoms with Crippen LogP contribution in [0.1, 0.15) is 12.8 Å². The van der Waals surface area contributed by atoms with Gasteiger partial charge in [-0.25, -0.2) is 0 Å². The molecule has 0 amide bonds. The Hall–Kier alpha value is -1.51. The molecule has 4 rings (SSSR count). The van der Waals surface area contributed by atoms with Gasteiger partial charge in [0.2, 0.25) is 0 Å². The number of nitrogens with zero attached hydrogens (tertiary/aromatic N) is 1. The Morgan fingerprint density at radius 1 is 0.633 bits per heavy atom. The first-order chi connectivity index (χ1) is 14.4. The lowest BCUT2D eigenvalue weighted by molar-refractivity contribution is -0.00000575. The SMILES string of the molecule is [Br-].c1ccc([P+](CCCCN2CCNCC2)(c2ccccc2)c2ccccc2)cc1. The van der Waals surface area contributed by atoms with Crippen LogP contribution in [0.25, 0.3) is 0 Å². The Morgan fingerprint density at radius 2 is 1.07 bits per heavy atom. The normalized spacial score (nSPS) is 14.8. The van der Waals surface area contributed by atoms with Gasteiger partial charge in [0.1, 0.15) is 23.2 Å². The number of benzene rings is 3. The summed E-state index contributed by atoms with van der Waals surface area (Å²) in [5.41, 5.74) is 0. The van der Waals surface area contributed by atoms with Crippen LogP contribution in [-0.4, -0.2) is 43.8 Å². The van der Waals surface area contributed by atoms with Crippen LogP contribution in [0.2, 0.25) is 0 Å². The third kappa shape index (κ3) is 5.39. The summed E-state index contributed by atoms with van der Waals surface area (Å²) in [4.78, 5) is 2.62. The molecule has 0 unspecified atom stereocenters. The molecule has 2 nitrogen and oxygen atoms in total. The Kier molecular flexibility index (Phi) is 9.08. The van der Waals surface area contributed by atoms with Crippen molar-refractivity contribution in [2.24, 2.45) is 0 Å². The molecule has 30 heavy (non-hydrogen) atoms. The van der Waals surface area contributed by atoms with Crippen molar-refractivity contribution in [2.75, 3.05) is 38.9 Å². The zero-order valence-electron chi connectivity index (χ0n) is 17.6. The van der Waals surface area contributed by atoms with Crippen molar-refractivity contribution in [3.8, 4) is 0 Å². The highest BCUT2D eigenvalue weighted by molar-refractivity contribution is 7.95. The molecule has 1 aliphatic rings. The first kappa shape index (κ1) is 23.2. The molecule has 0 spiro atoms. The molecule has 1 fully saturated rings. The van der Waals surface area contributed by atoms with Gasteiger partial charge in [0.25, 0.3) is 0 Å². The topological polar surface area (TPSA) is 15.3 Å². The lowest BCUT2D eigenvalue weighted by Gasteiger charge is -2.29. The maximum Gasteiger partial charge on any atom is 0.112 e. The van der Waals surface area contributed by atoms with Crippen molar-refractivity contribution in [1.29, 1.82) is 0 Å². The van der Waals surface area contributed by atoms with Gasteiger partial charge in [-0.15, -0.1) is 0 Å². The van der Waals surface area contributed by atoms with E-state index in [1.54, 1.807) is 0 Å². The molecule has 0 aliphatic carbocycles. The van der Waals surface area contributed by atoms with E-state index in [1.807, 2.05) is 0 Å². The number of rotatable bonds is 8.